The summed E-state index contributed by atoms with van der Waals surface area (Å²) in [6, 6.07) is 21.2. The number of anilines is 1. The van der Waals surface area contributed by atoms with Crippen LogP contribution in [0.3, 0.4) is 0 Å². The third-order valence-electron chi connectivity index (χ3n) is 7.70. The molecule has 206 valence electrons. The molecular formula is C33H35N3O4. The topological polar surface area (TPSA) is 91.5 Å². The van der Waals surface area contributed by atoms with Crippen LogP contribution < -0.4 is 15.0 Å². The predicted molar refractivity (Wildman–Crippen MR) is 157 cm³/mol. The van der Waals surface area contributed by atoms with E-state index in [-0.39, 0.29) is 30.1 Å². The van der Waals surface area contributed by atoms with Gasteiger partial charge in [0.2, 0.25) is 11.8 Å². The van der Waals surface area contributed by atoms with Crippen LogP contribution in [0.1, 0.15) is 66.6 Å². The number of para-hydroxylation sites is 1. The maximum absolute atomic E-state index is 14.3. The summed E-state index contributed by atoms with van der Waals surface area (Å²) in [5.41, 5.74) is 3.53. The fourth-order valence-corrected chi connectivity index (χ4v) is 5.58. The van der Waals surface area contributed by atoms with Crippen LogP contribution >= 0.6 is 0 Å². The number of aromatic amines is 1. The summed E-state index contributed by atoms with van der Waals surface area (Å²) in [6.07, 6.45) is 7.11. The molecular weight excluding hydrogens is 502 g/mol. The molecule has 7 heteroatoms. The summed E-state index contributed by atoms with van der Waals surface area (Å²) < 4.78 is 5.48. The van der Waals surface area contributed by atoms with Gasteiger partial charge in [-0.1, -0.05) is 49.6 Å². The van der Waals surface area contributed by atoms with Gasteiger partial charge in [-0.15, -0.1) is 0 Å². The van der Waals surface area contributed by atoms with E-state index in [0.29, 0.717) is 22.6 Å². The molecule has 1 atom stereocenters. The minimum atomic E-state index is -0.932. The van der Waals surface area contributed by atoms with Gasteiger partial charge in [0.05, 0.1) is 13.5 Å². The Balaban J connectivity index is 1.58. The first-order valence-electron chi connectivity index (χ1n) is 13.9. The van der Waals surface area contributed by atoms with Gasteiger partial charge in [0.25, 0.3) is 0 Å². The maximum atomic E-state index is 14.3. The number of rotatable bonds is 9. The number of benzene rings is 3. The van der Waals surface area contributed by atoms with E-state index < -0.39 is 6.04 Å². The minimum absolute atomic E-state index is 0.0670. The molecule has 2 amide bonds. The molecule has 2 N–H and O–H groups in total. The van der Waals surface area contributed by atoms with Gasteiger partial charge in [0, 0.05) is 34.4 Å². The Morgan fingerprint density at radius 3 is 2.45 bits per heavy atom. The van der Waals surface area contributed by atoms with Gasteiger partial charge in [0.15, 0.2) is 5.78 Å². The molecule has 1 heterocycles. The largest absolute Gasteiger partial charge is 0.497 e. The van der Waals surface area contributed by atoms with Crippen molar-refractivity contribution in [3.8, 4) is 5.75 Å². The second-order valence-corrected chi connectivity index (χ2v) is 10.4. The van der Waals surface area contributed by atoms with Gasteiger partial charge >= 0.3 is 0 Å². The van der Waals surface area contributed by atoms with Gasteiger partial charge in [-0.05, 0) is 73.4 Å². The number of Topliss-reactive ketones (excluding diaryl/α,β-unsaturated/α-hetero) is 1. The number of aromatic nitrogens is 1. The third-order valence-corrected chi connectivity index (χ3v) is 7.70. The van der Waals surface area contributed by atoms with E-state index in [2.05, 4.69) is 10.3 Å². The fraction of sp³-hybridized carbons (Fsp3) is 0.303. The zero-order valence-corrected chi connectivity index (χ0v) is 23.0. The number of hydrogen-bond acceptors (Lipinski definition) is 4. The molecule has 0 unspecified atom stereocenters. The van der Waals surface area contributed by atoms with Gasteiger partial charge in [0.1, 0.15) is 11.8 Å². The standard InChI is InChI=1S/C33H35N3O4/c1-22(37)23-15-17-27(18-16-23)36(31(38)20-25-21-34-30-14-7-6-13-29(25)30)32(24-9-8-12-28(19-24)40-2)33(39)35-26-10-4-3-5-11-26/h6-9,12-19,21,26,32,34H,3-5,10-11,20H2,1-2H3,(H,35,39)/t32-/m0/s1. The van der Waals surface area contributed by atoms with Crippen LogP contribution in [-0.4, -0.2) is 35.7 Å². The average Bonchev–Trinajstić information content (AvgIpc) is 3.38. The first-order chi connectivity index (χ1) is 19.4. The molecule has 0 bridgehead atoms. The van der Waals surface area contributed by atoms with Crippen LogP contribution in [0.5, 0.6) is 5.75 Å². The number of carbonyl (C=O) groups is 3. The molecule has 40 heavy (non-hydrogen) atoms. The lowest BCUT2D eigenvalue weighted by Gasteiger charge is -2.33. The third kappa shape index (κ3) is 5.93. The van der Waals surface area contributed by atoms with Crippen LogP contribution in [0.4, 0.5) is 5.69 Å². The Labute approximate surface area is 234 Å². The van der Waals surface area contributed by atoms with Crippen molar-refractivity contribution in [3.63, 3.8) is 0 Å². The highest BCUT2D eigenvalue weighted by molar-refractivity contribution is 6.04. The monoisotopic (exact) mass is 537 g/mol. The average molecular weight is 538 g/mol. The summed E-state index contributed by atoms with van der Waals surface area (Å²) in [5.74, 6) is 0.0709. The maximum Gasteiger partial charge on any atom is 0.248 e. The molecule has 7 nitrogen and oxygen atoms in total. The van der Waals surface area contributed by atoms with Gasteiger partial charge in [-0.25, -0.2) is 0 Å². The minimum Gasteiger partial charge on any atom is -0.497 e. The van der Waals surface area contributed by atoms with Crippen molar-refractivity contribution in [3.05, 3.63) is 95.7 Å². The van der Waals surface area contributed by atoms with E-state index in [4.69, 9.17) is 4.74 Å². The Morgan fingerprint density at radius 2 is 1.73 bits per heavy atom. The first-order valence-corrected chi connectivity index (χ1v) is 13.9. The normalized spacial score (nSPS) is 14.4. The number of nitrogens with one attached hydrogen (secondary N) is 2. The summed E-state index contributed by atoms with van der Waals surface area (Å²) in [5, 5.41) is 4.21. The number of amides is 2. The molecule has 1 fully saturated rings. The summed E-state index contributed by atoms with van der Waals surface area (Å²) in [4.78, 5) is 45.2. The van der Waals surface area contributed by atoms with E-state index in [1.807, 2.05) is 48.7 Å². The number of H-pyrrole nitrogens is 1. The molecule has 1 saturated carbocycles. The molecule has 0 saturated heterocycles. The Bertz CT molecular complexity index is 1500. The lowest BCUT2D eigenvalue weighted by atomic mass is 9.94. The summed E-state index contributed by atoms with van der Waals surface area (Å²) in [6.45, 7) is 1.51. The Morgan fingerprint density at radius 1 is 0.975 bits per heavy atom. The molecule has 3 aromatic carbocycles. The van der Waals surface area contributed by atoms with E-state index >= 15 is 0 Å². The molecule has 0 spiro atoms. The number of fused-ring (bicyclic) bond motifs is 1. The molecule has 5 rings (SSSR count). The van der Waals surface area contributed by atoms with Crippen molar-refractivity contribution < 1.29 is 19.1 Å². The Hall–Kier alpha value is -4.39. The van der Waals surface area contributed by atoms with Crippen molar-refractivity contribution in [2.24, 2.45) is 0 Å². The number of methoxy groups -OCH3 is 1. The highest BCUT2D eigenvalue weighted by Gasteiger charge is 2.34. The SMILES string of the molecule is COc1cccc([C@@H](C(=O)NC2CCCCC2)N(C(=O)Cc2c[nH]c3ccccc23)c2ccc(C(C)=O)cc2)c1. The van der Waals surface area contributed by atoms with Crippen LogP contribution in [0, 0.1) is 0 Å². The molecule has 1 aliphatic rings. The van der Waals surface area contributed by atoms with E-state index in [0.717, 1.165) is 42.1 Å². The number of hydrogen-bond donors (Lipinski definition) is 2. The van der Waals surface area contributed by atoms with Gasteiger partial charge < -0.3 is 15.0 Å². The molecule has 1 aliphatic carbocycles. The van der Waals surface area contributed by atoms with Gasteiger partial charge in [-0.3, -0.25) is 19.3 Å². The number of ketones is 1. The van der Waals surface area contributed by atoms with Crippen molar-refractivity contribution in [2.45, 2.75) is 57.5 Å². The van der Waals surface area contributed by atoms with Crippen molar-refractivity contribution >= 4 is 34.2 Å². The fourth-order valence-electron chi connectivity index (χ4n) is 5.58. The molecule has 4 aromatic rings. The van der Waals surface area contributed by atoms with Crippen molar-refractivity contribution in [2.75, 3.05) is 12.0 Å². The second kappa shape index (κ2) is 12.2. The highest BCUT2D eigenvalue weighted by Crippen LogP contribution is 2.32. The number of nitrogens with zero attached hydrogens (tertiary/aromatic N) is 1. The van der Waals surface area contributed by atoms with Crippen molar-refractivity contribution in [1.29, 1.82) is 0 Å². The predicted octanol–water partition coefficient (Wildman–Crippen LogP) is 6.15. The zero-order chi connectivity index (χ0) is 28.1. The second-order valence-electron chi connectivity index (χ2n) is 10.4. The molecule has 0 radical (unpaired) electrons. The molecule has 0 aliphatic heterocycles. The number of carbonyl (C=O) groups excluding carboxylic acids is 3. The number of ether oxygens (including phenoxy) is 1. The van der Waals surface area contributed by atoms with Crippen LogP contribution in [-0.2, 0) is 16.0 Å². The van der Waals surface area contributed by atoms with Crippen molar-refractivity contribution in [1.82, 2.24) is 10.3 Å². The smallest absolute Gasteiger partial charge is 0.248 e. The van der Waals surface area contributed by atoms with Crippen LogP contribution in [0.2, 0.25) is 0 Å². The van der Waals surface area contributed by atoms with Gasteiger partial charge in [-0.2, -0.15) is 0 Å². The Kier molecular flexibility index (Phi) is 8.29. The van der Waals surface area contributed by atoms with Crippen LogP contribution in [0.15, 0.2) is 79.0 Å². The molecule has 1 aromatic heterocycles. The lowest BCUT2D eigenvalue weighted by molar-refractivity contribution is -0.127. The zero-order valence-electron chi connectivity index (χ0n) is 23.0. The van der Waals surface area contributed by atoms with E-state index in [1.165, 1.54) is 13.3 Å². The van der Waals surface area contributed by atoms with E-state index in [1.54, 1.807) is 42.3 Å². The van der Waals surface area contributed by atoms with Crippen LogP contribution in [0.25, 0.3) is 10.9 Å². The highest BCUT2D eigenvalue weighted by atomic mass is 16.5. The first kappa shape index (κ1) is 27.2. The summed E-state index contributed by atoms with van der Waals surface area (Å²) >= 11 is 0. The lowest BCUT2D eigenvalue weighted by Crippen LogP contribution is -2.47. The summed E-state index contributed by atoms with van der Waals surface area (Å²) in [7, 11) is 1.58. The quantitative estimate of drug-likeness (QED) is 0.251. The van der Waals surface area contributed by atoms with E-state index in [9.17, 15) is 14.4 Å².